The molecule has 8 heteroatoms. The number of benzene rings is 2. The molecule has 2 aromatic rings. The lowest BCUT2D eigenvalue weighted by molar-refractivity contribution is -0.134. The Labute approximate surface area is 166 Å². The fourth-order valence-corrected chi connectivity index (χ4v) is 3.30. The largest absolute Gasteiger partial charge is 0.452 e. The monoisotopic (exact) mass is 410 g/mol. The Balaban J connectivity index is 1.52. The molecule has 2 aromatic carbocycles. The summed E-state index contributed by atoms with van der Waals surface area (Å²) in [5.74, 6) is -2.07. The normalized spacial score (nSPS) is 14.2. The van der Waals surface area contributed by atoms with Crippen molar-refractivity contribution >= 4 is 40.8 Å². The number of carbonyl (C=O) groups excluding carboxylic acids is 2. The van der Waals surface area contributed by atoms with Gasteiger partial charge in [-0.1, -0.05) is 35.3 Å². The summed E-state index contributed by atoms with van der Waals surface area (Å²) >= 11 is 11.8. The van der Waals surface area contributed by atoms with Gasteiger partial charge in [0.1, 0.15) is 11.4 Å². The number of carbonyl (C=O) groups is 2. The van der Waals surface area contributed by atoms with E-state index in [0.717, 1.165) is 11.8 Å². The van der Waals surface area contributed by atoms with Gasteiger partial charge in [-0.2, -0.15) is 0 Å². The van der Waals surface area contributed by atoms with Crippen LogP contribution in [0.5, 0.6) is 0 Å². The summed E-state index contributed by atoms with van der Waals surface area (Å²) < 4.78 is 18.7. The van der Waals surface area contributed by atoms with E-state index in [2.05, 4.69) is 4.90 Å². The Bertz CT molecular complexity index is 834. The van der Waals surface area contributed by atoms with Crippen LogP contribution in [0.2, 0.25) is 10.0 Å². The first-order valence-electron chi connectivity index (χ1n) is 8.35. The van der Waals surface area contributed by atoms with Crippen LogP contribution in [0.4, 0.5) is 10.1 Å². The topological polar surface area (TPSA) is 49.9 Å². The highest BCUT2D eigenvalue weighted by Crippen LogP contribution is 2.21. The molecule has 142 valence electrons. The van der Waals surface area contributed by atoms with Crippen LogP contribution in [0, 0.1) is 5.82 Å². The fourth-order valence-electron chi connectivity index (χ4n) is 2.87. The van der Waals surface area contributed by atoms with Gasteiger partial charge in [-0.3, -0.25) is 4.79 Å². The minimum absolute atomic E-state index is 0.0532. The molecule has 27 heavy (non-hydrogen) atoms. The molecule has 0 N–H and O–H groups in total. The maximum Gasteiger partial charge on any atom is 0.343 e. The lowest BCUT2D eigenvalue weighted by Crippen LogP contribution is -2.49. The molecule has 0 aromatic heterocycles. The highest BCUT2D eigenvalue weighted by molar-refractivity contribution is 6.33. The van der Waals surface area contributed by atoms with Crippen molar-refractivity contribution in [1.29, 1.82) is 0 Å². The molecule has 1 aliphatic heterocycles. The molecule has 5 nitrogen and oxygen atoms in total. The number of hydrogen-bond acceptors (Lipinski definition) is 4. The summed E-state index contributed by atoms with van der Waals surface area (Å²) in [7, 11) is 0. The SMILES string of the molecule is O=C(OCC(=O)N1CCN(c2cccc(Cl)c2)CC1)c1c(F)cccc1Cl. The third-order valence-electron chi connectivity index (χ3n) is 4.30. The van der Waals surface area contributed by atoms with Gasteiger partial charge in [-0.05, 0) is 30.3 Å². The number of esters is 1. The van der Waals surface area contributed by atoms with E-state index in [1.54, 1.807) is 11.0 Å². The molecule has 0 bridgehead atoms. The van der Waals surface area contributed by atoms with Crippen molar-refractivity contribution in [3.05, 3.63) is 63.9 Å². The van der Waals surface area contributed by atoms with Gasteiger partial charge in [-0.25, -0.2) is 9.18 Å². The first kappa shape index (κ1) is 19.5. The predicted molar refractivity (Wildman–Crippen MR) is 102 cm³/mol. The van der Waals surface area contributed by atoms with E-state index in [-0.39, 0.29) is 16.5 Å². The Morgan fingerprint density at radius 3 is 2.41 bits per heavy atom. The molecule has 1 fully saturated rings. The van der Waals surface area contributed by atoms with Crippen LogP contribution < -0.4 is 4.90 Å². The number of halogens is 3. The fraction of sp³-hybridized carbons (Fsp3) is 0.263. The van der Waals surface area contributed by atoms with Gasteiger partial charge in [0.05, 0.1) is 5.02 Å². The Hall–Kier alpha value is -2.31. The van der Waals surface area contributed by atoms with E-state index >= 15 is 0 Å². The van der Waals surface area contributed by atoms with Crippen molar-refractivity contribution in [3.8, 4) is 0 Å². The standard InChI is InChI=1S/C19H17Cl2FN2O3/c20-13-3-1-4-14(11-13)23-7-9-24(10-8-23)17(25)12-27-19(26)18-15(21)5-2-6-16(18)22/h1-6,11H,7-10,12H2. The lowest BCUT2D eigenvalue weighted by Gasteiger charge is -2.36. The second-order valence-corrected chi connectivity index (χ2v) is 6.86. The molecule has 0 atom stereocenters. The van der Waals surface area contributed by atoms with Crippen LogP contribution in [-0.4, -0.2) is 49.6 Å². The number of rotatable bonds is 4. The van der Waals surface area contributed by atoms with E-state index in [9.17, 15) is 14.0 Å². The molecule has 3 rings (SSSR count). The molecule has 0 unspecified atom stereocenters. The number of nitrogens with zero attached hydrogens (tertiary/aromatic N) is 2. The van der Waals surface area contributed by atoms with E-state index in [0.29, 0.717) is 31.2 Å². The zero-order valence-electron chi connectivity index (χ0n) is 14.3. The van der Waals surface area contributed by atoms with Crippen molar-refractivity contribution in [2.24, 2.45) is 0 Å². The Kier molecular flexibility index (Phi) is 6.19. The molecule has 0 spiro atoms. The first-order chi connectivity index (χ1) is 13.0. The second-order valence-electron chi connectivity index (χ2n) is 6.02. The zero-order chi connectivity index (χ0) is 19.4. The van der Waals surface area contributed by atoms with Gasteiger partial charge in [0.2, 0.25) is 0 Å². The summed E-state index contributed by atoms with van der Waals surface area (Å²) in [6, 6.07) is 11.4. The minimum Gasteiger partial charge on any atom is -0.452 e. The molecule has 0 radical (unpaired) electrons. The van der Waals surface area contributed by atoms with Crippen molar-refractivity contribution in [2.45, 2.75) is 0 Å². The number of piperazine rings is 1. The van der Waals surface area contributed by atoms with Gasteiger partial charge in [-0.15, -0.1) is 0 Å². The smallest absolute Gasteiger partial charge is 0.343 e. The first-order valence-corrected chi connectivity index (χ1v) is 9.10. The van der Waals surface area contributed by atoms with Crippen LogP contribution in [0.3, 0.4) is 0 Å². The van der Waals surface area contributed by atoms with Crippen molar-refractivity contribution < 1.29 is 18.7 Å². The molecular weight excluding hydrogens is 394 g/mol. The van der Waals surface area contributed by atoms with Crippen LogP contribution >= 0.6 is 23.2 Å². The number of anilines is 1. The molecule has 1 aliphatic rings. The van der Waals surface area contributed by atoms with E-state index in [1.165, 1.54) is 12.1 Å². The van der Waals surface area contributed by atoms with Gasteiger partial charge >= 0.3 is 5.97 Å². The molecule has 0 aliphatic carbocycles. The summed E-state index contributed by atoms with van der Waals surface area (Å²) in [4.78, 5) is 28.0. The average Bonchev–Trinajstić information content (AvgIpc) is 2.66. The molecule has 0 saturated carbocycles. The zero-order valence-corrected chi connectivity index (χ0v) is 15.8. The molecule has 1 amide bonds. The summed E-state index contributed by atoms with van der Waals surface area (Å²) in [5.41, 5.74) is 0.632. The van der Waals surface area contributed by atoms with E-state index in [4.69, 9.17) is 27.9 Å². The Morgan fingerprint density at radius 1 is 1.04 bits per heavy atom. The third-order valence-corrected chi connectivity index (χ3v) is 4.85. The van der Waals surface area contributed by atoms with Crippen molar-refractivity contribution in [3.63, 3.8) is 0 Å². The predicted octanol–water partition coefficient (Wildman–Crippen LogP) is 3.64. The van der Waals surface area contributed by atoms with Gasteiger partial charge < -0.3 is 14.5 Å². The Morgan fingerprint density at radius 2 is 1.74 bits per heavy atom. The number of ether oxygens (including phenoxy) is 1. The van der Waals surface area contributed by atoms with Crippen LogP contribution in [-0.2, 0) is 9.53 Å². The van der Waals surface area contributed by atoms with Gasteiger partial charge in [0, 0.05) is 36.9 Å². The summed E-state index contributed by atoms with van der Waals surface area (Å²) in [6.07, 6.45) is 0. The highest BCUT2D eigenvalue weighted by atomic mass is 35.5. The van der Waals surface area contributed by atoms with E-state index < -0.39 is 18.4 Å². The molecular formula is C19H17Cl2FN2O3. The van der Waals surface area contributed by atoms with Crippen LogP contribution in [0.15, 0.2) is 42.5 Å². The minimum atomic E-state index is -0.955. The molecule has 1 saturated heterocycles. The number of amides is 1. The van der Waals surface area contributed by atoms with Crippen LogP contribution in [0.25, 0.3) is 0 Å². The quantitative estimate of drug-likeness (QED) is 0.721. The number of hydrogen-bond donors (Lipinski definition) is 0. The average molecular weight is 411 g/mol. The summed E-state index contributed by atoms with van der Waals surface area (Å²) in [5, 5.41) is 0.604. The van der Waals surface area contributed by atoms with Crippen molar-refractivity contribution in [1.82, 2.24) is 4.90 Å². The second kappa shape index (κ2) is 8.59. The van der Waals surface area contributed by atoms with Gasteiger partial charge in [0.15, 0.2) is 6.61 Å². The van der Waals surface area contributed by atoms with Crippen LogP contribution in [0.1, 0.15) is 10.4 Å². The van der Waals surface area contributed by atoms with Gasteiger partial charge in [0.25, 0.3) is 5.91 Å². The molecule has 1 heterocycles. The van der Waals surface area contributed by atoms with Crippen molar-refractivity contribution in [2.75, 3.05) is 37.7 Å². The maximum atomic E-state index is 13.7. The van der Waals surface area contributed by atoms with E-state index in [1.807, 2.05) is 18.2 Å². The maximum absolute atomic E-state index is 13.7. The highest BCUT2D eigenvalue weighted by Gasteiger charge is 2.24. The summed E-state index contributed by atoms with van der Waals surface area (Å²) in [6.45, 7) is 1.80. The third kappa shape index (κ3) is 4.70. The lowest BCUT2D eigenvalue weighted by atomic mass is 10.2.